The van der Waals surface area contributed by atoms with Crippen LogP contribution in [-0.2, 0) is 4.74 Å². The van der Waals surface area contributed by atoms with Gasteiger partial charge in [0.2, 0.25) is 5.88 Å². The summed E-state index contributed by atoms with van der Waals surface area (Å²) in [5.74, 6) is 1.52. The van der Waals surface area contributed by atoms with E-state index in [1.54, 1.807) is 14.2 Å². The van der Waals surface area contributed by atoms with Crippen LogP contribution in [0.15, 0.2) is 6.33 Å². The second-order valence-electron chi connectivity index (χ2n) is 4.00. The van der Waals surface area contributed by atoms with Gasteiger partial charge in [-0.25, -0.2) is 9.97 Å². The number of anilines is 1. The summed E-state index contributed by atoms with van der Waals surface area (Å²) < 4.78 is 10.2. The van der Waals surface area contributed by atoms with Crippen LogP contribution in [0.3, 0.4) is 0 Å². The average Bonchev–Trinajstić information content (AvgIpc) is 2.38. The Morgan fingerprint density at radius 3 is 2.72 bits per heavy atom. The van der Waals surface area contributed by atoms with Crippen LogP contribution in [0.5, 0.6) is 5.88 Å². The number of likely N-dealkylation sites (N-methyl/N-ethyl adjacent to an activating group) is 1. The summed E-state index contributed by atoms with van der Waals surface area (Å²) in [6.45, 7) is 5.29. The predicted molar refractivity (Wildman–Crippen MR) is 71.3 cm³/mol. The number of ether oxygens (including phenoxy) is 2. The van der Waals surface area contributed by atoms with Crippen LogP contribution < -0.4 is 15.0 Å². The Hall–Kier alpha value is -1.40. The van der Waals surface area contributed by atoms with Crippen LogP contribution in [0.1, 0.15) is 5.56 Å². The molecule has 1 aromatic rings. The molecule has 0 radical (unpaired) electrons. The molecule has 0 atom stereocenters. The van der Waals surface area contributed by atoms with Crippen molar-refractivity contribution in [3.05, 3.63) is 11.9 Å². The number of nitrogens with one attached hydrogen (secondary N) is 1. The van der Waals surface area contributed by atoms with Crippen molar-refractivity contribution in [1.82, 2.24) is 15.3 Å². The van der Waals surface area contributed by atoms with Crippen molar-refractivity contribution in [2.45, 2.75) is 6.92 Å². The first-order valence-electron chi connectivity index (χ1n) is 5.97. The molecule has 18 heavy (non-hydrogen) atoms. The lowest BCUT2D eigenvalue weighted by Gasteiger charge is -2.20. The summed E-state index contributed by atoms with van der Waals surface area (Å²) in [5.41, 5.74) is 0.958. The molecule has 6 nitrogen and oxygen atoms in total. The van der Waals surface area contributed by atoms with Gasteiger partial charge in [-0.2, -0.15) is 0 Å². The largest absolute Gasteiger partial charge is 0.481 e. The van der Waals surface area contributed by atoms with E-state index in [0.717, 1.165) is 37.6 Å². The van der Waals surface area contributed by atoms with Crippen molar-refractivity contribution < 1.29 is 9.47 Å². The first-order chi connectivity index (χ1) is 8.70. The third-order valence-electron chi connectivity index (χ3n) is 2.67. The van der Waals surface area contributed by atoms with Gasteiger partial charge < -0.3 is 19.7 Å². The number of methoxy groups -OCH3 is 2. The van der Waals surface area contributed by atoms with E-state index in [9.17, 15) is 0 Å². The van der Waals surface area contributed by atoms with E-state index in [0.29, 0.717) is 5.88 Å². The van der Waals surface area contributed by atoms with Gasteiger partial charge in [-0.05, 0) is 6.92 Å². The van der Waals surface area contributed by atoms with E-state index in [1.807, 2.05) is 14.0 Å². The van der Waals surface area contributed by atoms with Gasteiger partial charge in [-0.3, -0.25) is 0 Å². The summed E-state index contributed by atoms with van der Waals surface area (Å²) >= 11 is 0. The highest BCUT2D eigenvalue weighted by Crippen LogP contribution is 2.21. The molecule has 0 bridgehead atoms. The fourth-order valence-electron chi connectivity index (χ4n) is 1.67. The molecule has 0 amide bonds. The van der Waals surface area contributed by atoms with E-state index >= 15 is 0 Å². The zero-order chi connectivity index (χ0) is 13.4. The number of nitrogens with zero attached hydrogens (tertiary/aromatic N) is 3. The zero-order valence-electron chi connectivity index (χ0n) is 11.6. The van der Waals surface area contributed by atoms with Crippen molar-refractivity contribution in [3.8, 4) is 5.88 Å². The maximum atomic E-state index is 5.18. The molecular weight excluding hydrogens is 232 g/mol. The van der Waals surface area contributed by atoms with Crippen molar-refractivity contribution in [2.24, 2.45) is 0 Å². The number of aromatic nitrogens is 2. The fourth-order valence-corrected chi connectivity index (χ4v) is 1.67. The van der Waals surface area contributed by atoms with Crippen molar-refractivity contribution in [1.29, 1.82) is 0 Å². The number of hydrogen-bond acceptors (Lipinski definition) is 6. The summed E-state index contributed by atoms with van der Waals surface area (Å²) in [6.07, 6.45) is 1.52. The molecule has 0 aromatic carbocycles. The Balaban J connectivity index is 2.48. The molecule has 0 unspecified atom stereocenters. The maximum absolute atomic E-state index is 5.18. The van der Waals surface area contributed by atoms with Gasteiger partial charge in [0.15, 0.2) is 0 Å². The summed E-state index contributed by atoms with van der Waals surface area (Å²) in [4.78, 5) is 10.4. The minimum absolute atomic E-state index is 0.624. The summed E-state index contributed by atoms with van der Waals surface area (Å²) in [5, 5.41) is 3.29. The lowest BCUT2D eigenvalue weighted by atomic mass is 10.3. The topological polar surface area (TPSA) is 59.5 Å². The molecule has 102 valence electrons. The van der Waals surface area contributed by atoms with E-state index < -0.39 is 0 Å². The maximum Gasteiger partial charge on any atom is 0.221 e. The fraction of sp³-hybridized carbons (Fsp3) is 0.667. The molecule has 0 aliphatic carbocycles. The Kier molecular flexibility index (Phi) is 6.38. The Morgan fingerprint density at radius 1 is 1.28 bits per heavy atom. The highest BCUT2D eigenvalue weighted by atomic mass is 16.5. The number of hydrogen-bond donors (Lipinski definition) is 1. The third kappa shape index (κ3) is 4.12. The zero-order valence-corrected chi connectivity index (χ0v) is 11.6. The van der Waals surface area contributed by atoms with Gasteiger partial charge in [0, 0.05) is 33.8 Å². The Labute approximate surface area is 108 Å². The molecule has 0 fully saturated rings. The summed E-state index contributed by atoms with van der Waals surface area (Å²) in [6, 6.07) is 0. The lowest BCUT2D eigenvalue weighted by Crippen LogP contribution is -2.31. The van der Waals surface area contributed by atoms with Gasteiger partial charge in [0.25, 0.3) is 0 Å². The van der Waals surface area contributed by atoms with E-state index in [4.69, 9.17) is 9.47 Å². The minimum atomic E-state index is 0.624. The molecule has 1 heterocycles. The highest BCUT2D eigenvalue weighted by molar-refractivity contribution is 5.49. The third-order valence-corrected chi connectivity index (χ3v) is 2.67. The molecule has 1 N–H and O–H groups in total. The predicted octanol–water partition coefficient (Wildman–Crippen LogP) is 0.466. The second kappa shape index (κ2) is 7.84. The van der Waals surface area contributed by atoms with Gasteiger partial charge in [-0.1, -0.05) is 0 Å². The van der Waals surface area contributed by atoms with Crippen LogP contribution in [0.25, 0.3) is 0 Å². The smallest absolute Gasteiger partial charge is 0.221 e. The molecule has 0 spiro atoms. The molecule has 0 saturated carbocycles. The molecule has 1 aromatic heterocycles. The normalized spacial score (nSPS) is 10.4. The van der Waals surface area contributed by atoms with Crippen molar-refractivity contribution in [3.63, 3.8) is 0 Å². The quantitative estimate of drug-likeness (QED) is 0.680. The van der Waals surface area contributed by atoms with Crippen LogP contribution >= 0.6 is 0 Å². The monoisotopic (exact) mass is 254 g/mol. The molecule has 1 rings (SSSR count). The van der Waals surface area contributed by atoms with E-state index in [-0.39, 0.29) is 0 Å². The highest BCUT2D eigenvalue weighted by Gasteiger charge is 2.10. The van der Waals surface area contributed by atoms with Crippen LogP contribution in [0.2, 0.25) is 0 Å². The molecule has 0 aliphatic heterocycles. The van der Waals surface area contributed by atoms with Crippen LogP contribution in [-0.4, -0.2) is 57.5 Å². The lowest BCUT2D eigenvalue weighted by molar-refractivity contribution is 0.200. The standard InChI is InChI=1S/C12H22N4O2/c1-10-11(14-9-15-12(10)18-4)16(2)7-5-13-6-8-17-3/h9,13H,5-8H2,1-4H3. The molecule has 6 heteroatoms. The second-order valence-corrected chi connectivity index (χ2v) is 4.00. The Morgan fingerprint density at radius 2 is 2.06 bits per heavy atom. The minimum Gasteiger partial charge on any atom is -0.481 e. The van der Waals surface area contributed by atoms with Gasteiger partial charge in [0.05, 0.1) is 19.3 Å². The van der Waals surface area contributed by atoms with Crippen LogP contribution in [0, 0.1) is 6.92 Å². The first kappa shape index (κ1) is 14.7. The molecule has 0 saturated heterocycles. The molecule has 0 aliphatic rings. The van der Waals surface area contributed by atoms with E-state index in [1.165, 1.54) is 6.33 Å². The van der Waals surface area contributed by atoms with Crippen LogP contribution in [0.4, 0.5) is 5.82 Å². The summed E-state index contributed by atoms with van der Waals surface area (Å²) in [7, 11) is 5.32. The van der Waals surface area contributed by atoms with Gasteiger partial charge in [0.1, 0.15) is 12.1 Å². The van der Waals surface area contributed by atoms with Gasteiger partial charge in [-0.15, -0.1) is 0 Å². The SMILES string of the molecule is COCCNCCN(C)c1ncnc(OC)c1C. The van der Waals surface area contributed by atoms with Gasteiger partial charge >= 0.3 is 0 Å². The van der Waals surface area contributed by atoms with Crippen molar-refractivity contribution >= 4 is 5.82 Å². The first-order valence-corrected chi connectivity index (χ1v) is 5.97. The van der Waals surface area contributed by atoms with Crippen molar-refractivity contribution in [2.75, 3.05) is 52.4 Å². The average molecular weight is 254 g/mol. The Bertz CT molecular complexity index is 360. The molecular formula is C12H22N4O2. The number of rotatable bonds is 8. The van der Waals surface area contributed by atoms with E-state index in [2.05, 4.69) is 20.2 Å².